The van der Waals surface area contributed by atoms with Gasteiger partial charge >= 0.3 is 0 Å². The van der Waals surface area contributed by atoms with Crippen LogP contribution in [0.5, 0.6) is 0 Å². The molecule has 3 aromatic rings. The Kier molecular flexibility index (Phi) is 5.48. The fourth-order valence-corrected chi connectivity index (χ4v) is 4.85. The number of carbonyl (C=O) groups excluding carboxylic acids is 1. The van der Waals surface area contributed by atoms with Gasteiger partial charge in [-0.25, -0.2) is 0 Å². The molecule has 148 valence electrons. The smallest absolute Gasteiger partial charge is 0.261 e. The number of hydrogen-bond donors (Lipinski definition) is 1. The van der Waals surface area contributed by atoms with Crippen molar-refractivity contribution in [1.82, 2.24) is 20.0 Å². The second-order valence-corrected chi connectivity index (χ2v) is 8.56. The Morgan fingerprint density at radius 2 is 2.18 bits per heavy atom. The van der Waals surface area contributed by atoms with Crippen LogP contribution in [0.1, 0.15) is 40.9 Å². The average Bonchev–Trinajstić information content (AvgIpc) is 3.25. The van der Waals surface area contributed by atoms with E-state index in [4.69, 9.17) is 4.74 Å². The maximum absolute atomic E-state index is 12.9. The van der Waals surface area contributed by atoms with Crippen LogP contribution in [0.3, 0.4) is 0 Å². The Labute approximate surface area is 169 Å². The van der Waals surface area contributed by atoms with E-state index in [-0.39, 0.29) is 18.1 Å². The number of nitrogens with one attached hydrogen (secondary N) is 1. The topological polar surface area (TPSA) is 59.4 Å². The quantitative estimate of drug-likeness (QED) is 0.716. The summed E-state index contributed by atoms with van der Waals surface area (Å²) in [4.78, 5) is 16.0. The summed E-state index contributed by atoms with van der Waals surface area (Å²) in [5.74, 6) is -0.0152. The number of carbonyl (C=O) groups is 1. The largest absolute Gasteiger partial charge is 0.371 e. The molecular weight excluding hydrogens is 372 g/mol. The summed E-state index contributed by atoms with van der Waals surface area (Å²) in [7, 11) is 1.97. The number of benzene rings is 1. The third-order valence-corrected chi connectivity index (χ3v) is 6.23. The molecule has 1 atom stereocenters. The number of morpholine rings is 1. The fourth-order valence-electron chi connectivity index (χ4n) is 3.69. The summed E-state index contributed by atoms with van der Waals surface area (Å²) in [6, 6.07) is 10.4. The van der Waals surface area contributed by atoms with Gasteiger partial charge in [0.05, 0.1) is 23.3 Å². The lowest BCUT2D eigenvalue weighted by Gasteiger charge is -2.33. The predicted octanol–water partition coefficient (Wildman–Crippen LogP) is 3.35. The molecule has 3 heterocycles. The molecule has 1 amide bonds. The summed E-state index contributed by atoms with van der Waals surface area (Å²) < 4.78 is 9.20. The first kappa shape index (κ1) is 19.1. The van der Waals surface area contributed by atoms with E-state index >= 15 is 0 Å². The van der Waals surface area contributed by atoms with E-state index in [1.54, 1.807) is 11.3 Å². The van der Waals surface area contributed by atoms with Crippen molar-refractivity contribution in [2.75, 3.05) is 19.7 Å². The van der Waals surface area contributed by atoms with Gasteiger partial charge in [-0.3, -0.25) is 14.4 Å². The van der Waals surface area contributed by atoms with Gasteiger partial charge in [0.2, 0.25) is 0 Å². The van der Waals surface area contributed by atoms with Gasteiger partial charge in [0.15, 0.2) is 0 Å². The molecular formula is C21H26N4O2S. The van der Waals surface area contributed by atoms with E-state index in [0.717, 1.165) is 40.2 Å². The van der Waals surface area contributed by atoms with Gasteiger partial charge in [0.25, 0.3) is 5.91 Å². The monoisotopic (exact) mass is 398 g/mol. The van der Waals surface area contributed by atoms with Crippen molar-refractivity contribution < 1.29 is 9.53 Å². The van der Waals surface area contributed by atoms with Gasteiger partial charge < -0.3 is 10.1 Å². The van der Waals surface area contributed by atoms with Crippen molar-refractivity contribution in [3.8, 4) is 0 Å². The number of thiophene rings is 1. The number of rotatable bonds is 5. The van der Waals surface area contributed by atoms with Crippen LogP contribution in [0.15, 0.2) is 36.5 Å². The van der Waals surface area contributed by atoms with Gasteiger partial charge in [0, 0.05) is 49.2 Å². The molecule has 1 aromatic carbocycles. The molecule has 1 fully saturated rings. The van der Waals surface area contributed by atoms with Crippen LogP contribution >= 0.6 is 11.3 Å². The minimum Gasteiger partial charge on any atom is -0.371 e. The Hall–Kier alpha value is -2.22. The van der Waals surface area contributed by atoms with Crippen molar-refractivity contribution >= 4 is 27.3 Å². The van der Waals surface area contributed by atoms with Gasteiger partial charge in [-0.05, 0) is 31.4 Å². The molecule has 28 heavy (non-hydrogen) atoms. The van der Waals surface area contributed by atoms with Crippen LogP contribution in [-0.2, 0) is 18.3 Å². The van der Waals surface area contributed by atoms with Crippen LogP contribution in [-0.4, -0.2) is 46.3 Å². The van der Waals surface area contributed by atoms with Crippen molar-refractivity contribution in [2.24, 2.45) is 7.05 Å². The first-order valence-electron chi connectivity index (χ1n) is 9.66. The molecule has 0 bridgehead atoms. The van der Waals surface area contributed by atoms with E-state index in [1.165, 1.54) is 5.69 Å². The zero-order valence-electron chi connectivity index (χ0n) is 16.5. The fraction of sp³-hybridized carbons (Fsp3) is 0.429. The van der Waals surface area contributed by atoms with Crippen LogP contribution in [0.25, 0.3) is 10.1 Å². The van der Waals surface area contributed by atoms with Crippen LogP contribution < -0.4 is 5.32 Å². The highest BCUT2D eigenvalue weighted by molar-refractivity contribution is 7.21. The third kappa shape index (κ3) is 3.83. The second-order valence-electron chi connectivity index (χ2n) is 7.51. The molecule has 1 aliphatic heterocycles. The first-order valence-corrected chi connectivity index (χ1v) is 10.5. The Bertz CT molecular complexity index is 978. The number of fused-ring (bicyclic) bond motifs is 1. The minimum absolute atomic E-state index is 0.0152. The van der Waals surface area contributed by atoms with Crippen molar-refractivity contribution in [3.05, 3.63) is 52.7 Å². The highest BCUT2D eigenvalue weighted by Gasteiger charge is 2.30. The molecule has 1 N–H and O–H groups in total. The van der Waals surface area contributed by atoms with E-state index in [2.05, 4.69) is 27.4 Å². The predicted molar refractivity (Wildman–Crippen MR) is 112 cm³/mol. The maximum atomic E-state index is 12.9. The summed E-state index contributed by atoms with van der Waals surface area (Å²) in [6.45, 7) is 7.07. The standard InChI is InChI=1S/C21H26N4O2S/c1-14(2)23-21(26)20-19(16-6-4-5-7-18(16)28-20)17-13-25(10-11-27-17)12-15-8-9-22-24(15)3/h4-9,14,17H,10-13H2,1-3H3,(H,23,26). The molecule has 0 saturated carbocycles. The van der Waals surface area contributed by atoms with Crippen LogP contribution in [0, 0.1) is 0 Å². The highest BCUT2D eigenvalue weighted by Crippen LogP contribution is 2.38. The molecule has 1 saturated heterocycles. The molecule has 1 unspecified atom stereocenters. The molecule has 6 nitrogen and oxygen atoms in total. The lowest BCUT2D eigenvalue weighted by molar-refractivity contribution is -0.0329. The minimum atomic E-state index is -0.119. The van der Waals surface area contributed by atoms with Crippen LogP contribution in [0.2, 0.25) is 0 Å². The highest BCUT2D eigenvalue weighted by atomic mass is 32.1. The first-order chi connectivity index (χ1) is 13.5. The number of ether oxygens (including phenoxy) is 1. The molecule has 7 heteroatoms. The van der Waals surface area contributed by atoms with Gasteiger partial charge in [-0.2, -0.15) is 5.10 Å². The average molecular weight is 399 g/mol. The van der Waals surface area contributed by atoms with E-state index < -0.39 is 0 Å². The molecule has 0 aliphatic carbocycles. The third-order valence-electron chi connectivity index (χ3n) is 5.04. The van der Waals surface area contributed by atoms with Gasteiger partial charge in [-0.15, -0.1) is 11.3 Å². The summed E-state index contributed by atoms with van der Waals surface area (Å²) in [6.07, 6.45) is 1.71. The summed E-state index contributed by atoms with van der Waals surface area (Å²) >= 11 is 1.55. The number of nitrogens with zero attached hydrogens (tertiary/aromatic N) is 3. The zero-order chi connectivity index (χ0) is 19.7. The number of hydrogen-bond acceptors (Lipinski definition) is 5. The lowest BCUT2D eigenvalue weighted by Crippen LogP contribution is -2.39. The van der Waals surface area contributed by atoms with Crippen molar-refractivity contribution in [3.63, 3.8) is 0 Å². The molecule has 2 aromatic heterocycles. The Balaban J connectivity index is 1.65. The number of aromatic nitrogens is 2. The zero-order valence-corrected chi connectivity index (χ0v) is 17.3. The van der Waals surface area contributed by atoms with Gasteiger partial charge in [-0.1, -0.05) is 18.2 Å². The van der Waals surface area contributed by atoms with Crippen molar-refractivity contribution in [2.45, 2.75) is 32.5 Å². The maximum Gasteiger partial charge on any atom is 0.261 e. The van der Waals surface area contributed by atoms with E-state index in [0.29, 0.717) is 6.61 Å². The van der Waals surface area contributed by atoms with E-state index in [1.807, 2.05) is 50.0 Å². The van der Waals surface area contributed by atoms with Gasteiger partial charge in [0.1, 0.15) is 0 Å². The SMILES string of the molecule is CC(C)NC(=O)c1sc2ccccc2c1C1CN(Cc2ccnn2C)CCO1. The lowest BCUT2D eigenvalue weighted by atomic mass is 10.0. The van der Waals surface area contributed by atoms with E-state index in [9.17, 15) is 4.79 Å². The molecule has 4 rings (SSSR count). The van der Waals surface area contributed by atoms with Crippen molar-refractivity contribution in [1.29, 1.82) is 0 Å². The molecule has 0 spiro atoms. The Morgan fingerprint density at radius 3 is 2.93 bits per heavy atom. The number of amides is 1. The molecule has 1 aliphatic rings. The normalized spacial score (nSPS) is 18.1. The van der Waals surface area contributed by atoms with Crippen LogP contribution in [0.4, 0.5) is 0 Å². The Morgan fingerprint density at radius 1 is 1.36 bits per heavy atom. The molecule has 0 radical (unpaired) electrons. The second kappa shape index (κ2) is 8.03. The summed E-state index contributed by atoms with van der Waals surface area (Å²) in [5, 5.41) is 8.43. The summed E-state index contributed by atoms with van der Waals surface area (Å²) in [5.41, 5.74) is 2.20. The number of aryl methyl sites for hydroxylation is 1.